The molecule has 1 aromatic carbocycles. The van der Waals surface area contributed by atoms with Gasteiger partial charge in [-0.2, -0.15) is 5.10 Å². The van der Waals surface area contributed by atoms with Gasteiger partial charge in [-0.1, -0.05) is 0 Å². The Kier molecular flexibility index (Phi) is 2.37. The molecule has 1 fully saturated rings. The van der Waals surface area contributed by atoms with Crippen LogP contribution in [0.5, 0.6) is 0 Å². The smallest absolute Gasteiger partial charge is 0.181 e. The molecule has 19 heavy (non-hydrogen) atoms. The maximum atomic E-state index is 4.72. The summed E-state index contributed by atoms with van der Waals surface area (Å²) < 4.78 is 1.95. The Morgan fingerprint density at radius 2 is 2.21 bits per heavy atom. The zero-order valence-corrected chi connectivity index (χ0v) is 11.2. The Morgan fingerprint density at radius 3 is 3.05 bits per heavy atom. The summed E-state index contributed by atoms with van der Waals surface area (Å²) in [5.41, 5.74) is 3.81. The highest BCUT2D eigenvalue weighted by Crippen LogP contribution is 2.39. The highest BCUT2D eigenvalue weighted by Gasteiger charge is 2.29. The van der Waals surface area contributed by atoms with Gasteiger partial charge in [-0.05, 0) is 49.4 Å². The highest BCUT2D eigenvalue weighted by molar-refractivity contribution is 5.64. The molecule has 2 aromatic rings. The summed E-state index contributed by atoms with van der Waals surface area (Å²) >= 11 is 0. The standard InChI is InChI=1S/C15H18N4/c1-19-15(10-4-5-10)17-14(18-19)12-6-7-13-11(9-12)3-2-8-16-13/h6-7,9-10,16H,2-5,8H2,1H3. The van der Waals surface area contributed by atoms with Crippen molar-refractivity contribution in [2.75, 3.05) is 11.9 Å². The van der Waals surface area contributed by atoms with Gasteiger partial charge < -0.3 is 5.32 Å². The Hall–Kier alpha value is -1.84. The first kappa shape index (κ1) is 11.0. The van der Waals surface area contributed by atoms with Gasteiger partial charge in [0.2, 0.25) is 0 Å². The molecule has 4 heteroatoms. The van der Waals surface area contributed by atoms with E-state index in [1.807, 2.05) is 11.7 Å². The third-order valence-electron chi connectivity index (χ3n) is 4.04. The number of rotatable bonds is 2. The van der Waals surface area contributed by atoms with E-state index in [0.29, 0.717) is 5.92 Å². The number of anilines is 1. The van der Waals surface area contributed by atoms with E-state index in [1.165, 1.54) is 30.5 Å². The third kappa shape index (κ3) is 1.91. The van der Waals surface area contributed by atoms with E-state index in [4.69, 9.17) is 4.98 Å². The van der Waals surface area contributed by atoms with Crippen molar-refractivity contribution in [3.8, 4) is 11.4 Å². The molecule has 0 unspecified atom stereocenters. The molecule has 0 atom stereocenters. The second kappa shape index (κ2) is 4.08. The van der Waals surface area contributed by atoms with Gasteiger partial charge in [-0.15, -0.1) is 0 Å². The molecular formula is C15H18N4. The summed E-state index contributed by atoms with van der Waals surface area (Å²) in [6, 6.07) is 6.54. The monoisotopic (exact) mass is 254 g/mol. The van der Waals surface area contributed by atoms with Crippen LogP contribution in [0, 0.1) is 0 Å². The molecule has 2 aliphatic rings. The van der Waals surface area contributed by atoms with Crippen LogP contribution in [0.2, 0.25) is 0 Å². The number of nitrogens with zero attached hydrogens (tertiary/aromatic N) is 3. The van der Waals surface area contributed by atoms with Crippen LogP contribution < -0.4 is 5.32 Å². The molecule has 1 aliphatic carbocycles. The van der Waals surface area contributed by atoms with Gasteiger partial charge in [0.1, 0.15) is 5.82 Å². The lowest BCUT2D eigenvalue weighted by atomic mass is 10.0. The molecule has 1 aromatic heterocycles. The number of fused-ring (bicyclic) bond motifs is 1. The Labute approximate surface area is 112 Å². The Bertz CT molecular complexity index is 625. The van der Waals surface area contributed by atoms with Crippen molar-refractivity contribution in [3.63, 3.8) is 0 Å². The number of hydrogen-bond donors (Lipinski definition) is 1. The lowest BCUT2D eigenvalue weighted by Gasteiger charge is -2.18. The van der Waals surface area contributed by atoms with Gasteiger partial charge in [0.25, 0.3) is 0 Å². The Balaban J connectivity index is 1.73. The van der Waals surface area contributed by atoms with E-state index < -0.39 is 0 Å². The van der Waals surface area contributed by atoms with Crippen molar-refractivity contribution in [1.29, 1.82) is 0 Å². The van der Waals surface area contributed by atoms with Crippen LogP contribution in [0.4, 0.5) is 5.69 Å². The SMILES string of the molecule is Cn1nc(-c2ccc3c(c2)CCCN3)nc1C1CC1. The van der Waals surface area contributed by atoms with Gasteiger partial charge in [-0.3, -0.25) is 4.68 Å². The largest absolute Gasteiger partial charge is 0.385 e. The molecule has 1 N–H and O–H groups in total. The third-order valence-corrected chi connectivity index (χ3v) is 4.04. The normalized spacial score (nSPS) is 17.9. The van der Waals surface area contributed by atoms with E-state index in [2.05, 4.69) is 28.6 Å². The first-order valence-electron chi connectivity index (χ1n) is 7.09. The number of hydrogen-bond acceptors (Lipinski definition) is 3. The first-order chi connectivity index (χ1) is 9.31. The van der Waals surface area contributed by atoms with Gasteiger partial charge in [0.05, 0.1) is 0 Å². The fraction of sp³-hybridized carbons (Fsp3) is 0.467. The second-order valence-electron chi connectivity index (χ2n) is 5.59. The number of nitrogens with one attached hydrogen (secondary N) is 1. The maximum absolute atomic E-state index is 4.72. The van der Waals surface area contributed by atoms with Crippen LogP contribution in [0.1, 0.15) is 36.6 Å². The van der Waals surface area contributed by atoms with E-state index in [9.17, 15) is 0 Å². The summed E-state index contributed by atoms with van der Waals surface area (Å²) in [4.78, 5) is 4.72. The average Bonchev–Trinajstić information content (AvgIpc) is 3.21. The molecule has 0 radical (unpaired) electrons. The molecule has 0 saturated heterocycles. The fourth-order valence-corrected chi connectivity index (χ4v) is 2.83. The van der Waals surface area contributed by atoms with Gasteiger partial charge in [0, 0.05) is 30.8 Å². The van der Waals surface area contributed by atoms with Gasteiger partial charge in [-0.25, -0.2) is 4.98 Å². The summed E-state index contributed by atoms with van der Waals surface area (Å²) in [6.07, 6.45) is 4.89. The van der Waals surface area contributed by atoms with Crippen LogP contribution in [-0.4, -0.2) is 21.3 Å². The fourth-order valence-electron chi connectivity index (χ4n) is 2.83. The molecule has 1 aliphatic heterocycles. The molecular weight excluding hydrogens is 236 g/mol. The highest BCUT2D eigenvalue weighted by atomic mass is 15.3. The topological polar surface area (TPSA) is 42.7 Å². The Morgan fingerprint density at radius 1 is 1.32 bits per heavy atom. The summed E-state index contributed by atoms with van der Waals surface area (Å²) in [7, 11) is 2.00. The van der Waals surface area contributed by atoms with E-state index in [-0.39, 0.29) is 0 Å². The summed E-state index contributed by atoms with van der Waals surface area (Å²) in [5.74, 6) is 2.66. The van der Waals surface area contributed by atoms with Crippen molar-refractivity contribution in [2.24, 2.45) is 7.05 Å². The zero-order chi connectivity index (χ0) is 12.8. The molecule has 4 rings (SSSR count). The lowest BCUT2D eigenvalue weighted by Crippen LogP contribution is -2.11. The van der Waals surface area contributed by atoms with Gasteiger partial charge in [0.15, 0.2) is 5.82 Å². The van der Waals surface area contributed by atoms with Crippen molar-refractivity contribution < 1.29 is 0 Å². The number of benzene rings is 1. The van der Waals surface area contributed by atoms with Crippen molar-refractivity contribution >= 4 is 5.69 Å². The van der Waals surface area contributed by atoms with Crippen LogP contribution in [-0.2, 0) is 13.5 Å². The van der Waals surface area contributed by atoms with Crippen LogP contribution >= 0.6 is 0 Å². The second-order valence-corrected chi connectivity index (χ2v) is 5.59. The van der Waals surface area contributed by atoms with Crippen molar-refractivity contribution in [3.05, 3.63) is 29.6 Å². The van der Waals surface area contributed by atoms with Crippen molar-refractivity contribution in [1.82, 2.24) is 14.8 Å². The summed E-state index contributed by atoms with van der Waals surface area (Å²) in [6.45, 7) is 1.08. The van der Waals surface area contributed by atoms with Crippen molar-refractivity contribution in [2.45, 2.75) is 31.6 Å². The predicted molar refractivity (Wildman–Crippen MR) is 75.2 cm³/mol. The lowest BCUT2D eigenvalue weighted by molar-refractivity contribution is 0.705. The van der Waals surface area contributed by atoms with E-state index in [0.717, 1.165) is 30.2 Å². The summed E-state index contributed by atoms with van der Waals surface area (Å²) in [5, 5.41) is 8.02. The van der Waals surface area contributed by atoms with Gasteiger partial charge >= 0.3 is 0 Å². The number of aryl methyl sites for hydroxylation is 2. The quantitative estimate of drug-likeness (QED) is 0.896. The molecule has 4 nitrogen and oxygen atoms in total. The van der Waals surface area contributed by atoms with E-state index in [1.54, 1.807) is 0 Å². The first-order valence-corrected chi connectivity index (χ1v) is 7.09. The van der Waals surface area contributed by atoms with Crippen LogP contribution in [0.3, 0.4) is 0 Å². The minimum absolute atomic E-state index is 0.644. The number of aromatic nitrogens is 3. The molecule has 0 amide bonds. The van der Waals surface area contributed by atoms with Crippen LogP contribution in [0.15, 0.2) is 18.2 Å². The minimum Gasteiger partial charge on any atom is -0.385 e. The molecule has 1 saturated carbocycles. The average molecular weight is 254 g/mol. The molecule has 2 heterocycles. The zero-order valence-electron chi connectivity index (χ0n) is 11.2. The molecule has 98 valence electrons. The minimum atomic E-state index is 0.644. The van der Waals surface area contributed by atoms with Crippen LogP contribution in [0.25, 0.3) is 11.4 Å². The molecule has 0 bridgehead atoms. The van der Waals surface area contributed by atoms with E-state index >= 15 is 0 Å². The maximum Gasteiger partial charge on any atom is 0.181 e. The predicted octanol–water partition coefficient (Wildman–Crippen LogP) is 2.72. The molecule has 0 spiro atoms.